The van der Waals surface area contributed by atoms with Gasteiger partial charge in [-0.25, -0.2) is 0 Å². The Morgan fingerprint density at radius 1 is 0.714 bits per heavy atom. The molecule has 1 heteroatoms. The molecule has 0 aliphatic rings. The van der Waals surface area contributed by atoms with Gasteiger partial charge in [0.25, 0.3) is 0 Å². The van der Waals surface area contributed by atoms with Gasteiger partial charge in [0.05, 0.1) is 0 Å². The van der Waals surface area contributed by atoms with E-state index in [4.69, 9.17) is 0 Å². The Balaban J connectivity index is 2.05. The van der Waals surface area contributed by atoms with Crippen molar-refractivity contribution in [3.05, 3.63) is 83.9 Å². The van der Waals surface area contributed by atoms with Crippen LogP contribution in [-0.2, 0) is 10.5 Å². The zero-order chi connectivity index (χ0) is 15.3. The minimum absolute atomic E-state index is 1.20. The molecule has 0 aliphatic heterocycles. The average molecular weight is 337 g/mol. The summed E-state index contributed by atoms with van der Waals surface area (Å²) in [5.41, 5.74) is 5.33. The first-order valence-corrected chi connectivity index (χ1v) is 14.6. The van der Waals surface area contributed by atoms with Crippen LogP contribution < -0.4 is 0 Å². The maximum atomic E-state index is 3.81. The summed E-state index contributed by atoms with van der Waals surface area (Å²) in [6.07, 6.45) is 3.80. The van der Waals surface area contributed by atoms with Gasteiger partial charge in [0.1, 0.15) is 0 Å². The molecule has 0 radical (unpaired) electrons. The fraction of sp³-hybridized carbons (Fsp3) is 0.200. The van der Waals surface area contributed by atoms with Crippen molar-refractivity contribution in [2.75, 3.05) is 0 Å². The van der Waals surface area contributed by atoms with Gasteiger partial charge in [-0.15, -0.1) is 0 Å². The van der Waals surface area contributed by atoms with Crippen LogP contribution in [0.15, 0.2) is 61.7 Å². The van der Waals surface area contributed by atoms with Crippen LogP contribution in [0.5, 0.6) is 0 Å². The molecular formula is C20H24Ge. The quantitative estimate of drug-likeness (QED) is 0.607. The standard InChI is InChI=1S/C20H24Ge/c1-5-17-7-11-19(12-8-17)15-21(3,4)16-20-13-9-18(6-2)10-14-20/h5-14H,1-2,15-16H2,3-4H3. The molecule has 2 aromatic carbocycles. The second-order valence-corrected chi connectivity index (χ2v) is 17.0. The zero-order valence-electron chi connectivity index (χ0n) is 13.1. The molecule has 21 heavy (non-hydrogen) atoms. The van der Waals surface area contributed by atoms with Crippen LogP contribution in [0.3, 0.4) is 0 Å². The molecule has 0 spiro atoms. The molecule has 0 nitrogen and oxygen atoms in total. The van der Waals surface area contributed by atoms with Gasteiger partial charge < -0.3 is 0 Å². The molecule has 0 aromatic heterocycles. The van der Waals surface area contributed by atoms with E-state index in [1.165, 1.54) is 32.8 Å². The fourth-order valence-electron chi connectivity index (χ4n) is 2.71. The van der Waals surface area contributed by atoms with E-state index in [1.807, 2.05) is 12.2 Å². The number of hydrogen-bond donors (Lipinski definition) is 0. The molecular weight excluding hydrogens is 313 g/mol. The number of benzene rings is 2. The van der Waals surface area contributed by atoms with Crippen LogP contribution in [0.1, 0.15) is 22.3 Å². The predicted octanol–water partition coefficient (Wildman–Crippen LogP) is 5.54. The first-order chi connectivity index (χ1) is 10.0. The van der Waals surface area contributed by atoms with Crippen LogP contribution in [-0.4, -0.2) is 13.3 Å². The molecule has 0 unspecified atom stereocenters. The molecule has 0 atom stereocenters. The molecule has 0 heterocycles. The summed E-state index contributed by atoms with van der Waals surface area (Å²) in [5, 5.41) is 2.53. The first-order valence-electron chi connectivity index (χ1n) is 7.45. The van der Waals surface area contributed by atoms with Gasteiger partial charge in [-0.1, -0.05) is 0 Å². The van der Waals surface area contributed by atoms with Crippen molar-refractivity contribution in [3.8, 4) is 0 Å². The van der Waals surface area contributed by atoms with E-state index in [-0.39, 0.29) is 0 Å². The van der Waals surface area contributed by atoms with Crippen molar-refractivity contribution in [1.82, 2.24) is 0 Å². The van der Waals surface area contributed by atoms with Crippen LogP contribution in [0.25, 0.3) is 12.2 Å². The molecule has 0 saturated carbocycles. The third kappa shape index (κ3) is 4.75. The summed E-state index contributed by atoms with van der Waals surface area (Å²) < 4.78 is 0. The van der Waals surface area contributed by atoms with E-state index in [1.54, 1.807) is 0 Å². The van der Waals surface area contributed by atoms with Crippen molar-refractivity contribution >= 4 is 25.4 Å². The van der Waals surface area contributed by atoms with Gasteiger partial charge in [0.2, 0.25) is 0 Å². The second-order valence-electron chi connectivity index (χ2n) is 6.41. The van der Waals surface area contributed by atoms with Crippen molar-refractivity contribution in [3.63, 3.8) is 0 Å². The van der Waals surface area contributed by atoms with Crippen LogP contribution in [0.2, 0.25) is 11.5 Å². The molecule has 0 aliphatic carbocycles. The van der Waals surface area contributed by atoms with Gasteiger partial charge in [0, 0.05) is 0 Å². The Morgan fingerprint density at radius 2 is 1.05 bits per heavy atom. The van der Waals surface area contributed by atoms with Crippen molar-refractivity contribution in [1.29, 1.82) is 0 Å². The first kappa shape index (κ1) is 15.8. The Bertz CT molecular complexity index is 548. The van der Waals surface area contributed by atoms with E-state index in [9.17, 15) is 0 Å². The summed E-state index contributed by atoms with van der Waals surface area (Å²) >= 11 is -1.83. The van der Waals surface area contributed by atoms with E-state index in [0.717, 1.165) is 0 Å². The Hall–Kier alpha value is -1.54. The molecule has 2 rings (SSSR count). The Kier molecular flexibility index (Phi) is 5.24. The zero-order valence-corrected chi connectivity index (χ0v) is 15.2. The summed E-state index contributed by atoms with van der Waals surface area (Å²) in [6, 6.07) is 17.7. The Morgan fingerprint density at radius 3 is 1.33 bits per heavy atom. The normalized spacial score (nSPS) is 11.1. The minimum atomic E-state index is -1.83. The summed E-state index contributed by atoms with van der Waals surface area (Å²) in [7, 11) is 0. The topological polar surface area (TPSA) is 0 Å². The maximum absolute atomic E-state index is 3.81. The van der Waals surface area contributed by atoms with Gasteiger partial charge in [-0.05, 0) is 0 Å². The second kappa shape index (κ2) is 6.95. The fourth-order valence-corrected chi connectivity index (χ4v) is 8.60. The van der Waals surface area contributed by atoms with Gasteiger partial charge >= 0.3 is 131 Å². The monoisotopic (exact) mass is 338 g/mol. The van der Waals surface area contributed by atoms with Gasteiger partial charge in [-0.3, -0.25) is 0 Å². The summed E-state index contributed by atoms with van der Waals surface area (Å²) in [6.45, 7) is 7.62. The number of rotatable bonds is 6. The van der Waals surface area contributed by atoms with Crippen molar-refractivity contribution in [2.45, 2.75) is 22.0 Å². The van der Waals surface area contributed by atoms with E-state index in [2.05, 4.69) is 73.2 Å². The predicted molar refractivity (Wildman–Crippen MR) is 98.0 cm³/mol. The molecule has 0 bridgehead atoms. The molecule has 108 valence electrons. The number of hydrogen-bond acceptors (Lipinski definition) is 0. The van der Waals surface area contributed by atoms with Crippen LogP contribution >= 0.6 is 0 Å². The van der Waals surface area contributed by atoms with Gasteiger partial charge in [-0.2, -0.15) is 0 Å². The van der Waals surface area contributed by atoms with E-state index >= 15 is 0 Å². The molecule has 0 amide bonds. The summed E-state index contributed by atoms with van der Waals surface area (Å²) in [5.74, 6) is 5.03. The molecule has 2 aromatic rings. The third-order valence-corrected chi connectivity index (χ3v) is 9.53. The van der Waals surface area contributed by atoms with E-state index < -0.39 is 13.3 Å². The molecule has 0 fully saturated rings. The SMILES string of the molecule is C=Cc1ccc([CH2][Ge]([CH3])([CH3])[CH2]c2ccc(C=C)cc2)cc1. The van der Waals surface area contributed by atoms with Gasteiger partial charge in [0.15, 0.2) is 0 Å². The molecule has 0 N–H and O–H groups in total. The van der Waals surface area contributed by atoms with E-state index in [0.29, 0.717) is 0 Å². The Labute approximate surface area is 131 Å². The average Bonchev–Trinajstić information content (AvgIpc) is 2.48. The van der Waals surface area contributed by atoms with Crippen LogP contribution in [0, 0.1) is 0 Å². The van der Waals surface area contributed by atoms with Crippen molar-refractivity contribution in [2.24, 2.45) is 0 Å². The van der Waals surface area contributed by atoms with Crippen molar-refractivity contribution < 1.29 is 0 Å². The summed E-state index contributed by atoms with van der Waals surface area (Å²) in [4.78, 5) is 0. The third-order valence-electron chi connectivity index (χ3n) is 3.80. The molecule has 0 saturated heterocycles. The van der Waals surface area contributed by atoms with Crippen LogP contribution in [0.4, 0.5) is 0 Å².